The summed E-state index contributed by atoms with van der Waals surface area (Å²) in [7, 11) is -4.06. The second kappa shape index (κ2) is 8.81. The Morgan fingerprint density at radius 1 is 0.871 bits per heavy atom. The molecule has 0 aromatic heterocycles. The van der Waals surface area contributed by atoms with Crippen molar-refractivity contribution in [2.75, 3.05) is 4.72 Å². The fourth-order valence-corrected chi connectivity index (χ4v) is 4.03. The van der Waals surface area contributed by atoms with Gasteiger partial charge in [0.15, 0.2) is 0 Å². The molecule has 5 nitrogen and oxygen atoms in total. The van der Waals surface area contributed by atoms with Crippen LogP contribution < -0.4 is 4.72 Å². The molecular weight excluding hydrogens is 431 g/mol. The normalized spacial score (nSPS) is 11.8. The Hall–Kier alpha value is -3.33. The quantitative estimate of drug-likeness (QED) is 0.532. The van der Waals surface area contributed by atoms with Gasteiger partial charge in [0.05, 0.1) is 16.0 Å². The summed E-state index contributed by atoms with van der Waals surface area (Å²) in [6, 6.07) is 16.4. The van der Waals surface area contributed by atoms with Crippen molar-refractivity contribution in [3.63, 3.8) is 0 Å². The zero-order valence-corrected chi connectivity index (χ0v) is 16.9. The van der Waals surface area contributed by atoms with E-state index in [0.29, 0.717) is 12.8 Å². The van der Waals surface area contributed by atoms with Gasteiger partial charge in [-0.1, -0.05) is 24.3 Å². The third kappa shape index (κ3) is 5.85. The molecule has 0 amide bonds. The molecule has 0 atom stereocenters. The second-order valence-corrected chi connectivity index (χ2v) is 8.52. The van der Waals surface area contributed by atoms with Gasteiger partial charge in [-0.15, -0.1) is 0 Å². The van der Waals surface area contributed by atoms with E-state index in [2.05, 4.69) is 4.72 Å². The molecule has 3 aromatic rings. The molecule has 0 aliphatic carbocycles. The zero-order chi connectivity index (χ0) is 22.6. The van der Waals surface area contributed by atoms with Gasteiger partial charge in [0.25, 0.3) is 10.0 Å². The Bertz CT molecular complexity index is 1190. The molecule has 0 spiro atoms. The average molecular weight is 449 g/mol. The maximum absolute atomic E-state index is 12.7. The number of rotatable bonds is 7. The number of carboxylic acid groups (broad SMARTS) is 1. The maximum atomic E-state index is 12.7. The lowest BCUT2D eigenvalue weighted by Crippen LogP contribution is -2.14. The van der Waals surface area contributed by atoms with E-state index in [1.54, 1.807) is 30.3 Å². The zero-order valence-electron chi connectivity index (χ0n) is 16.1. The number of nitrogens with one attached hydrogen (secondary N) is 1. The summed E-state index contributed by atoms with van der Waals surface area (Å²) in [6.45, 7) is 0. The predicted octanol–water partition coefficient (Wildman–Crippen LogP) is 4.99. The highest BCUT2D eigenvalue weighted by Gasteiger charge is 2.30. The van der Waals surface area contributed by atoms with Crippen LogP contribution in [-0.2, 0) is 29.0 Å². The summed E-state index contributed by atoms with van der Waals surface area (Å²) in [5.41, 5.74) is 1.18. The molecule has 0 aliphatic heterocycles. The number of hydrogen-bond donors (Lipinski definition) is 2. The number of halogens is 3. The van der Waals surface area contributed by atoms with Crippen LogP contribution in [0.25, 0.3) is 0 Å². The van der Waals surface area contributed by atoms with Crippen LogP contribution in [0, 0.1) is 0 Å². The van der Waals surface area contributed by atoms with Gasteiger partial charge in [0.1, 0.15) is 0 Å². The summed E-state index contributed by atoms with van der Waals surface area (Å²) < 4.78 is 65.4. The molecule has 0 bridgehead atoms. The van der Waals surface area contributed by atoms with Crippen LogP contribution >= 0.6 is 0 Å². The van der Waals surface area contributed by atoms with E-state index in [-0.39, 0.29) is 16.1 Å². The van der Waals surface area contributed by atoms with Crippen molar-refractivity contribution in [3.8, 4) is 0 Å². The highest BCUT2D eigenvalue weighted by atomic mass is 32.2. The Morgan fingerprint density at radius 2 is 1.45 bits per heavy atom. The molecule has 31 heavy (non-hydrogen) atoms. The molecule has 0 unspecified atom stereocenters. The number of sulfonamides is 1. The van der Waals surface area contributed by atoms with Crippen molar-refractivity contribution < 1.29 is 31.5 Å². The highest BCUT2D eigenvalue weighted by Crippen LogP contribution is 2.30. The average Bonchev–Trinajstić information content (AvgIpc) is 2.72. The molecule has 162 valence electrons. The Kier molecular flexibility index (Phi) is 6.35. The number of anilines is 1. The minimum atomic E-state index is -4.55. The van der Waals surface area contributed by atoms with E-state index >= 15 is 0 Å². The van der Waals surface area contributed by atoms with Gasteiger partial charge in [-0.2, -0.15) is 13.2 Å². The summed E-state index contributed by atoms with van der Waals surface area (Å²) in [4.78, 5) is 10.8. The number of benzene rings is 3. The van der Waals surface area contributed by atoms with Crippen LogP contribution in [0.1, 0.15) is 27.0 Å². The van der Waals surface area contributed by atoms with E-state index in [0.717, 1.165) is 35.4 Å². The first-order chi connectivity index (χ1) is 14.5. The monoisotopic (exact) mass is 449 g/mol. The number of carbonyl (C=O) groups is 1. The van der Waals surface area contributed by atoms with Gasteiger partial charge in [0, 0.05) is 5.69 Å². The molecule has 0 aliphatic rings. The lowest BCUT2D eigenvalue weighted by atomic mass is 10.0. The van der Waals surface area contributed by atoms with E-state index in [4.69, 9.17) is 5.11 Å². The summed E-state index contributed by atoms with van der Waals surface area (Å²) in [6.07, 6.45) is -3.46. The number of aromatic carboxylic acids is 1. The minimum absolute atomic E-state index is 0.190. The van der Waals surface area contributed by atoms with Gasteiger partial charge in [-0.05, 0) is 72.5 Å². The summed E-state index contributed by atoms with van der Waals surface area (Å²) >= 11 is 0. The molecule has 2 N–H and O–H groups in total. The van der Waals surface area contributed by atoms with Crippen LogP contribution in [0.5, 0.6) is 0 Å². The smallest absolute Gasteiger partial charge is 0.416 e. The molecule has 9 heteroatoms. The fourth-order valence-electron chi connectivity index (χ4n) is 2.98. The van der Waals surface area contributed by atoms with Crippen molar-refractivity contribution in [3.05, 3.63) is 95.1 Å². The fraction of sp³-hybridized carbons (Fsp3) is 0.136. The van der Waals surface area contributed by atoms with Crippen LogP contribution in [-0.4, -0.2) is 19.5 Å². The minimum Gasteiger partial charge on any atom is -0.478 e. The van der Waals surface area contributed by atoms with Gasteiger partial charge < -0.3 is 5.11 Å². The van der Waals surface area contributed by atoms with Crippen LogP contribution in [0.2, 0.25) is 0 Å². The second-order valence-electron chi connectivity index (χ2n) is 6.83. The molecule has 0 heterocycles. The number of hydrogen-bond acceptors (Lipinski definition) is 3. The van der Waals surface area contributed by atoms with Crippen molar-refractivity contribution in [1.29, 1.82) is 0 Å². The Balaban J connectivity index is 1.71. The topological polar surface area (TPSA) is 83.5 Å². The van der Waals surface area contributed by atoms with Crippen molar-refractivity contribution >= 4 is 21.7 Å². The van der Waals surface area contributed by atoms with Gasteiger partial charge in [0.2, 0.25) is 0 Å². The van der Waals surface area contributed by atoms with Crippen molar-refractivity contribution in [2.45, 2.75) is 23.9 Å². The van der Waals surface area contributed by atoms with E-state index in [1.807, 2.05) is 6.07 Å². The number of aryl methyl sites for hydroxylation is 2. The van der Waals surface area contributed by atoms with E-state index < -0.39 is 27.7 Å². The molecule has 0 saturated carbocycles. The van der Waals surface area contributed by atoms with Gasteiger partial charge >= 0.3 is 12.1 Å². The third-order valence-electron chi connectivity index (χ3n) is 4.55. The molecule has 0 fully saturated rings. The maximum Gasteiger partial charge on any atom is 0.416 e. The van der Waals surface area contributed by atoms with E-state index in [1.165, 1.54) is 12.1 Å². The van der Waals surface area contributed by atoms with Gasteiger partial charge in [-0.25, -0.2) is 13.2 Å². The highest BCUT2D eigenvalue weighted by molar-refractivity contribution is 7.92. The summed E-state index contributed by atoms with van der Waals surface area (Å²) in [5.74, 6) is -1.01. The largest absolute Gasteiger partial charge is 0.478 e. The standard InChI is InChI=1S/C22H18F3NO4S/c23-22(24,25)18-9-11-20(12-10-18)31(29,30)26-19-6-2-4-16(14-19)8-7-15-3-1-5-17(13-15)21(27)28/h1-6,9-14,26H,7-8H2,(H,27,28). The van der Waals surface area contributed by atoms with Crippen LogP contribution in [0.15, 0.2) is 77.7 Å². The molecule has 3 aromatic carbocycles. The lowest BCUT2D eigenvalue weighted by Gasteiger charge is -2.11. The summed E-state index contributed by atoms with van der Waals surface area (Å²) in [5, 5.41) is 9.07. The molecule has 0 radical (unpaired) electrons. The predicted molar refractivity (Wildman–Crippen MR) is 110 cm³/mol. The van der Waals surface area contributed by atoms with Gasteiger partial charge in [-0.3, -0.25) is 4.72 Å². The molecule has 0 saturated heterocycles. The van der Waals surface area contributed by atoms with Crippen LogP contribution in [0.3, 0.4) is 0 Å². The molecule has 3 rings (SSSR count). The first kappa shape index (κ1) is 22.4. The van der Waals surface area contributed by atoms with Crippen LogP contribution in [0.4, 0.5) is 18.9 Å². The lowest BCUT2D eigenvalue weighted by molar-refractivity contribution is -0.137. The number of carboxylic acids is 1. The van der Waals surface area contributed by atoms with E-state index in [9.17, 15) is 26.4 Å². The van der Waals surface area contributed by atoms with Crippen molar-refractivity contribution in [1.82, 2.24) is 0 Å². The van der Waals surface area contributed by atoms with Crippen molar-refractivity contribution in [2.24, 2.45) is 0 Å². The first-order valence-electron chi connectivity index (χ1n) is 9.16. The SMILES string of the molecule is O=C(O)c1cccc(CCc2cccc(NS(=O)(=O)c3ccc(C(F)(F)F)cc3)c2)c1. The number of alkyl halides is 3. The molecular formula is C22H18F3NO4S. The Morgan fingerprint density at radius 3 is 2.03 bits per heavy atom. The third-order valence-corrected chi connectivity index (χ3v) is 5.94. The Labute approximate surface area is 177 Å². The first-order valence-corrected chi connectivity index (χ1v) is 10.6.